The number of piperidine rings is 1. The number of rotatable bonds is 3. The van der Waals surface area contributed by atoms with Crippen molar-refractivity contribution in [1.29, 1.82) is 0 Å². The summed E-state index contributed by atoms with van der Waals surface area (Å²) in [6.07, 6.45) is 0.522. The van der Waals surface area contributed by atoms with E-state index in [1.807, 2.05) is 18.2 Å². The van der Waals surface area contributed by atoms with Crippen molar-refractivity contribution in [3.05, 3.63) is 58.7 Å². The van der Waals surface area contributed by atoms with E-state index in [0.29, 0.717) is 30.8 Å². The Kier molecular flexibility index (Phi) is 4.80. The molecule has 3 heterocycles. The molecule has 2 aromatic carbocycles. The molecule has 9 heteroatoms. The summed E-state index contributed by atoms with van der Waals surface area (Å²) in [4.78, 5) is 52.4. The Morgan fingerprint density at radius 3 is 2.72 bits per heavy atom. The van der Waals surface area contributed by atoms with Crippen molar-refractivity contribution in [2.75, 3.05) is 12.4 Å². The van der Waals surface area contributed by atoms with Crippen LogP contribution in [0.3, 0.4) is 0 Å². The van der Waals surface area contributed by atoms with Crippen molar-refractivity contribution in [2.24, 2.45) is 0 Å². The van der Waals surface area contributed by atoms with E-state index in [-0.39, 0.29) is 30.8 Å². The normalized spacial score (nSPS) is 19.5. The van der Waals surface area contributed by atoms with Gasteiger partial charge in [0, 0.05) is 36.3 Å². The zero-order valence-corrected chi connectivity index (χ0v) is 17.5. The minimum atomic E-state index is -0.663. The van der Waals surface area contributed by atoms with Crippen LogP contribution in [0, 0.1) is 0 Å². The van der Waals surface area contributed by atoms with Gasteiger partial charge in [-0.2, -0.15) is 0 Å². The van der Waals surface area contributed by atoms with E-state index < -0.39 is 11.9 Å². The first-order valence-electron chi connectivity index (χ1n) is 10.4. The van der Waals surface area contributed by atoms with Crippen LogP contribution in [0.1, 0.15) is 39.9 Å². The number of carbonyl (C=O) groups excluding carboxylic acids is 4. The topological polar surface area (TPSA) is 108 Å². The number of amides is 5. The van der Waals surface area contributed by atoms with Crippen molar-refractivity contribution in [3.8, 4) is 5.75 Å². The van der Waals surface area contributed by atoms with Gasteiger partial charge < -0.3 is 19.9 Å². The lowest BCUT2D eigenvalue weighted by molar-refractivity contribution is -0.136. The highest BCUT2D eigenvalue weighted by Gasteiger charge is 2.39. The quantitative estimate of drug-likeness (QED) is 0.719. The molecule has 164 valence electrons. The molecule has 1 unspecified atom stereocenters. The number of methoxy groups -OCH3 is 1. The van der Waals surface area contributed by atoms with E-state index in [4.69, 9.17) is 4.74 Å². The highest BCUT2D eigenvalue weighted by atomic mass is 16.5. The molecule has 1 fully saturated rings. The molecule has 32 heavy (non-hydrogen) atoms. The number of fused-ring (bicyclic) bond motifs is 2. The third kappa shape index (κ3) is 3.35. The summed E-state index contributed by atoms with van der Waals surface area (Å²) in [5.74, 6) is -0.237. The summed E-state index contributed by atoms with van der Waals surface area (Å²) in [7, 11) is 1.61. The Bertz CT molecular complexity index is 1160. The van der Waals surface area contributed by atoms with E-state index >= 15 is 0 Å². The molecule has 0 bridgehead atoms. The SMILES string of the molecule is COc1cccc2c1CN(C(=O)Nc1ccc3c(c1)CN(C1CCC(=O)NC1=O)C3=O)C2. The molecule has 3 aliphatic heterocycles. The highest BCUT2D eigenvalue weighted by Crippen LogP contribution is 2.32. The van der Waals surface area contributed by atoms with Crippen LogP contribution in [0.4, 0.5) is 10.5 Å². The van der Waals surface area contributed by atoms with Crippen LogP contribution >= 0.6 is 0 Å². The average molecular weight is 434 g/mol. The fourth-order valence-electron chi connectivity index (χ4n) is 4.58. The number of carbonyl (C=O) groups is 4. The van der Waals surface area contributed by atoms with Crippen LogP contribution in [0.2, 0.25) is 0 Å². The highest BCUT2D eigenvalue weighted by molar-refractivity contribution is 6.05. The maximum absolute atomic E-state index is 12.8. The third-order valence-corrected chi connectivity index (χ3v) is 6.22. The molecule has 0 aromatic heterocycles. The number of urea groups is 1. The van der Waals surface area contributed by atoms with Gasteiger partial charge in [0.05, 0.1) is 13.7 Å². The first-order valence-corrected chi connectivity index (χ1v) is 10.4. The fourth-order valence-corrected chi connectivity index (χ4v) is 4.58. The molecule has 1 atom stereocenters. The number of nitrogens with one attached hydrogen (secondary N) is 2. The Balaban J connectivity index is 1.28. The van der Waals surface area contributed by atoms with Gasteiger partial charge in [-0.05, 0) is 41.8 Å². The van der Waals surface area contributed by atoms with Crippen molar-refractivity contribution in [2.45, 2.75) is 38.5 Å². The van der Waals surface area contributed by atoms with Crippen molar-refractivity contribution in [3.63, 3.8) is 0 Å². The monoisotopic (exact) mass is 434 g/mol. The maximum Gasteiger partial charge on any atom is 0.322 e. The van der Waals surface area contributed by atoms with E-state index in [1.165, 1.54) is 4.90 Å². The molecule has 5 rings (SSSR count). The van der Waals surface area contributed by atoms with Gasteiger partial charge in [-0.15, -0.1) is 0 Å². The lowest BCUT2D eigenvalue weighted by atomic mass is 10.0. The molecule has 2 aromatic rings. The number of imide groups is 1. The van der Waals surface area contributed by atoms with E-state index in [9.17, 15) is 19.2 Å². The molecule has 2 N–H and O–H groups in total. The number of nitrogens with zero attached hydrogens (tertiary/aromatic N) is 2. The Hall–Kier alpha value is -3.88. The second-order valence-corrected chi connectivity index (χ2v) is 8.16. The van der Waals surface area contributed by atoms with Crippen LogP contribution in [0.5, 0.6) is 5.75 Å². The van der Waals surface area contributed by atoms with Gasteiger partial charge in [0.25, 0.3) is 5.91 Å². The standard InChI is InChI=1S/C23H22N4O5/c1-32-19-4-2-3-13-10-26(12-17(13)19)23(31)24-15-5-6-16-14(9-15)11-27(22(16)30)18-7-8-20(28)25-21(18)29/h2-6,9,18H,7-8,10-12H2,1H3,(H,24,31)(H,25,28,29). The van der Waals surface area contributed by atoms with Crippen molar-refractivity contribution in [1.82, 2.24) is 15.1 Å². The average Bonchev–Trinajstić information content (AvgIpc) is 3.35. The van der Waals surface area contributed by atoms with E-state index in [1.54, 1.807) is 30.2 Å². The predicted octanol–water partition coefficient (Wildman–Crippen LogP) is 2.00. The van der Waals surface area contributed by atoms with Gasteiger partial charge >= 0.3 is 6.03 Å². The Morgan fingerprint density at radius 2 is 1.94 bits per heavy atom. The van der Waals surface area contributed by atoms with Gasteiger partial charge in [0.15, 0.2) is 0 Å². The lowest BCUT2D eigenvalue weighted by Crippen LogP contribution is -2.52. The molecule has 9 nitrogen and oxygen atoms in total. The maximum atomic E-state index is 12.8. The van der Waals surface area contributed by atoms with Gasteiger partial charge in [-0.25, -0.2) is 4.79 Å². The van der Waals surface area contributed by atoms with Gasteiger partial charge in [0.1, 0.15) is 11.8 Å². The molecule has 3 aliphatic rings. The van der Waals surface area contributed by atoms with E-state index in [2.05, 4.69) is 10.6 Å². The summed E-state index contributed by atoms with van der Waals surface area (Å²) in [6, 6.07) is 9.99. The van der Waals surface area contributed by atoms with Crippen LogP contribution in [0.15, 0.2) is 36.4 Å². The summed E-state index contributed by atoms with van der Waals surface area (Å²) in [5, 5.41) is 5.20. The second-order valence-electron chi connectivity index (χ2n) is 8.16. The van der Waals surface area contributed by atoms with Gasteiger partial charge in [-0.3, -0.25) is 19.7 Å². The molecular weight excluding hydrogens is 412 g/mol. The molecular formula is C23H22N4O5. The van der Waals surface area contributed by atoms with Gasteiger partial charge in [0.2, 0.25) is 11.8 Å². The minimum absolute atomic E-state index is 0.209. The minimum Gasteiger partial charge on any atom is -0.496 e. The fraction of sp³-hybridized carbons (Fsp3) is 0.304. The van der Waals surface area contributed by atoms with E-state index in [0.717, 1.165) is 22.4 Å². The number of benzene rings is 2. The lowest BCUT2D eigenvalue weighted by Gasteiger charge is -2.29. The summed E-state index contributed by atoms with van der Waals surface area (Å²) >= 11 is 0. The second kappa shape index (κ2) is 7.67. The first kappa shape index (κ1) is 20.0. The van der Waals surface area contributed by atoms with Gasteiger partial charge in [-0.1, -0.05) is 12.1 Å². The number of anilines is 1. The number of ether oxygens (including phenoxy) is 1. The third-order valence-electron chi connectivity index (χ3n) is 6.22. The van der Waals surface area contributed by atoms with Crippen LogP contribution in [-0.4, -0.2) is 46.7 Å². The van der Waals surface area contributed by atoms with Crippen LogP contribution < -0.4 is 15.4 Å². The Labute approximate surface area is 184 Å². The zero-order chi connectivity index (χ0) is 22.4. The number of hydrogen-bond acceptors (Lipinski definition) is 5. The summed E-state index contributed by atoms with van der Waals surface area (Å²) < 4.78 is 5.40. The molecule has 0 radical (unpaired) electrons. The van der Waals surface area contributed by atoms with Crippen LogP contribution in [-0.2, 0) is 29.2 Å². The largest absolute Gasteiger partial charge is 0.496 e. The molecule has 5 amide bonds. The molecule has 0 saturated carbocycles. The van der Waals surface area contributed by atoms with Crippen LogP contribution in [0.25, 0.3) is 0 Å². The Morgan fingerprint density at radius 1 is 1.09 bits per heavy atom. The first-order chi connectivity index (χ1) is 15.4. The predicted molar refractivity (Wildman–Crippen MR) is 114 cm³/mol. The number of hydrogen-bond donors (Lipinski definition) is 2. The molecule has 0 aliphatic carbocycles. The van der Waals surface area contributed by atoms with Crippen molar-refractivity contribution < 1.29 is 23.9 Å². The van der Waals surface area contributed by atoms with Crippen molar-refractivity contribution >= 4 is 29.4 Å². The summed E-state index contributed by atoms with van der Waals surface area (Å²) in [5.41, 5.74) is 3.88. The summed E-state index contributed by atoms with van der Waals surface area (Å²) in [6.45, 7) is 1.21. The molecule has 1 saturated heterocycles. The zero-order valence-electron chi connectivity index (χ0n) is 17.5. The molecule has 0 spiro atoms. The smallest absolute Gasteiger partial charge is 0.322 e.